The molecule has 6 heteroatoms. The topological polar surface area (TPSA) is 57.8 Å². The lowest BCUT2D eigenvalue weighted by atomic mass is 9.84. The zero-order valence-electron chi connectivity index (χ0n) is 11.1. The molecular formula is C13H17N3O2S. The predicted molar refractivity (Wildman–Crippen MR) is 75.3 cm³/mol. The second-order valence-electron chi connectivity index (χ2n) is 5.83. The first-order chi connectivity index (χ1) is 8.98. The lowest BCUT2D eigenvalue weighted by Gasteiger charge is -2.38. The van der Waals surface area contributed by atoms with E-state index in [-0.39, 0.29) is 11.1 Å². The molecule has 0 unspecified atom stereocenters. The van der Waals surface area contributed by atoms with Crippen LogP contribution in [0.25, 0.3) is 4.96 Å². The Morgan fingerprint density at radius 3 is 3.00 bits per heavy atom. The Morgan fingerprint density at radius 2 is 2.32 bits per heavy atom. The fourth-order valence-corrected chi connectivity index (χ4v) is 3.51. The van der Waals surface area contributed by atoms with Crippen molar-refractivity contribution in [1.82, 2.24) is 9.38 Å². The summed E-state index contributed by atoms with van der Waals surface area (Å²) in [5, 5.41) is 11.3. The van der Waals surface area contributed by atoms with Crippen molar-refractivity contribution in [3.63, 3.8) is 0 Å². The number of nitrogens with zero attached hydrogens (tertiary/aromatic N) is 3. The van der Waals surface area contributed by atoms with Crippen molar-refractivity contribution in [2.75, 3.05) is 18.0 Å². The Morgan fingerprint density at radius 1 is 1.53 bits per heavy atom. The molecule has 0 amide bonds. The van der Waals surface area contributed by atoms with E-state index in [2.05, 4.69) is 23.7 Å². The minimum Gasteiger partial charge on any atom is -0.476 e. The van der Waals surface area contributed by atoms with Crippen molar-refractivity contribution in [3.8, 4) is 0 Å². The largest absolute Gasteiger partial charge is 0.476 e. The van der Waals surface area contributed by atoms with Crippen LogP contribution < -0.4 is 4.90 Å². The Kier molecular flexibility index (Phi) is 2.78. The van der Waals surface area contributed by atoms with E-state index in [0.717, 1.165) is 24.5 Å². The molecular weight excluding hydrogens is 262 g/mol. The predicted octanol–water partition coefficient (Wildman–Crippen LogP) is 2.72. The molecule has 0 atom stereocenters. The van der Waals surface area contributed by atoms with Gasteiger partial charge in [-0.15, -0.1) is 11.3 Å². The summed E-state index contributed by atoms with van der Waals surface area (Å²) in [7, 11) is 0. The van der Waals surface area contributed by atoms with Gasteiger partial charge < -0.3 is 10.0 Å². The third kappa shape index (κ3) is 2.10. The maximum absolute atomic E-state index is 11.5. The number of carbonyl (C=O) groups is 1. The Balaban J connectivity index is 2.06. The van der Waals surface area contributed by atoms with E-state index in [4.69, 9.17) is 0 Å². The molecule has 2 aromatic rings. The third-order valence-corrected chi connectivity index (χ3v) is 4.40. The first-order valence-corrected chi connectivity index (χ1v) is 7.30. The number of hydrogen-bond acceptors (Lipinski definition) is 4. The summed E-state index contributed by atoms with van der Waals surface area (Å²) in [5.74, 6) is -0.295. The quantitative estimate of drug-likeness (QED) is 0.918. The van der Waals surface area contributed by atoms with Gasteiger partial charge in [0.1, 0.15) is 0 Å². The Hall–Kier alpha value is -1.56. The molecule has 1 aliphatic heterocycles. The maximum Gasteiger partial charge on any atom is 0.356 e. The molecule has 0 aromatic carbocycles. The molecule has 1 fully saturated rings. The Labute approximate surface area is 115 Å². The van der Waals surface area contributed by atoms with E-state index in [9.17, 15) is 9.90 Å². The number of carboxylic acids is 1. The van der Waals surface area contributed by atoms with Crippen LogP contribution in [0.3, 0.4) is 0 Å². The monoisotopic (exact) mass is 279 g/mol. The van der Waals surface area contributed by atoms with Gasteiger partial charge in [0.05, 0.1) is 0 Å². The highest BCUT2D eigenvalue weighted by atomic mass is 32.1. The molecule has 102 valence electrons. The molecule has 1 N–H and O–H groups in total. The first kappa shape index (κ1) is 12.5. The SMILES string of the molecule is CC1(C)CCCN(c2nc3sccn3c2C(=O)O)C1. The fraction of sp³-hybridized carbons (Fsp3) is 0.538. The lowest BCUT2D eigenvalue weighted by Crippen LogP contribution is -2.41. The van der Waals surface area contributed by atoms with Gasteiger partial charge in [-0.25, -0.2) is 9.78 Å². The van der Waals surface area contributed by atoms with Gasteiger partial charge in [-0.05, 0) is 18.3 Å². The molecule has 1 saturated heterocycles. The van der Waals surface area contributed by atoms with Crippen molar-refractivity contribution in [2.24, 2.45) is 5.41 Å². The highest BCUT2D eigenvalue weighted by Gasteiger charge is 2.31. The number of rotatable bonds is 2. The second-order valence-corrected chi connectivity index (χ2v) is 6.71. The van der Waals surface area contributed by atoms with Crippen LogP contribution in [0.2, 0.25) is 0 Å². The molecule has 2 aromatic heterocycles. The molecule has 0 spiro atoms. The van der Waals surface area contributed by atoms with Crippen LogP contribution in [0.1, 0.15) is 37.2 Å². The number of aromatic carboxylic acids is 1. The number of imidazole rings is 1. The molecule has 0 radical (unpaired) electrons. The van der Waals surface area contributed by atoms with E-state index in [1.54, 1.807) is 10.6 Å². The molecule has 1 aliphatic rings. The van der Waals surface area contributed by atoms with Crippen LogP contribution in [0.4, 0.5) is 5.82 Å². The van der Waals surface area contributed by atoms with Crippen LogP contribution in [0, 0.1) is 5.41 Å². The van der Waals surface area contributed by atoms with E-state index in [1.165, 1.54) is 17.8 Å². The van der Waals surface area contributed by atoms with Crippen LogP contribution >= 0.6 is 11.3 Å². The fourth-order valence-electron chi connectivity index (χ4n) is 2.80. The summed E-state index contributed by atoms with van der Waals surface area (Å²) in [5.41, 5.74) is 0.499. The van der Waals surface area contributed by atoms with Crippen molar-refractivity contribution >= 4 is 28.1 Å². The van der Waals surface area contributed by atoms with Gasteiger partial charge in [-0.3, -0.25) is 4.40 Å². The lowest BCUT2D eigenvalue weighted by molar-refractivity contribution is 0.0689. The number of aromatic nitrogens is 2. The van der Waals surface area contributed by atoms with Crippen molar-refractivity contribution in [1.29, 1.82) is 0 Å². The van der Waals surface area contributed by atoms with Crippen molar-refractivity contribution in [2.45, 2.75) is 26.7 Å². The number of thiazole rings is 1. The van der Waals surface area contributed by atoms with E-state index in [0.29, 0.717) is 5.82 Å². The summed E-state index contributed by atoms with van der Waals surface area (Å²) < 4.78 is 1.67. The zero-order chi connectivity index (χ0) is 13.6. The van der Waals surface area contributed by atoms with Gasteiger partial charge in [0.2, 0.25) is 0 Å². The van der Waals surface area contributed by atoms with Crippen LogP contribution in [0.5, 0.6) is 0 Å². The van der Waals surface area contributed by atoms with Gasteiger partial charge in [-0.2, -0.15) is 0 Å². The molecule has 0 aliphatic carbocycles. The van der Waals surface area contributed by atoms with Gasteiger partial charge in [0.25, 0.3) is 0 Å². The van der Waals surface area contributed by atoms with E-state index < -0.39 is 5.97 Å². The maximum atomic E-state index is 11.5. The minimum absolute atomic E-state index is 0.213. The summed E-state index contributed by atoms with van der Waals surface area (Å²) in [6.45, 7) is 6.18. The zero-order valence-corrected chi connectivity index (χ0v) is 11.9. The summed E-state index contributed by atoms with van der Waals surface area (Å²) in [4.78, 5) is 18.9. The van der Waals surface area contributed by atoms with Crippen molar-refractivity contribution in [3.05, 3.63) is 17.3 Å². The minimum atomic E-state index is -0.913. The standard InChI is InChI=1S/C13H17N3O2S/c1-13(2)4-3-5-15(8-13)10-9(11(17)18)16-6-7-19-12(16)14-10/h6-7H,3-5,8H2,1-2H3,(H,17,18). The number of fused-ring (bicyclic) bond motifs is 1. The molecule has 19 heavy (non-hydrogen) atoms. The van der Waals surface area contributed by atoms with Crippen molar-refractivity contribution < 1.29 is 9.90 Å². The first-order valence-electron chi connectivity index (χ1n) is 6.42. The smallest absolute Gasteiger partial charge is 0.356 e. The average Bonchev–Trinajstić information content (AvgIpc) is 2.85. The number of piperidine rings is 1. The highest BCUT2D eigenvalue weighted by molar-refractivity contribution is 7.15. The second kappa shape index (κ2) is 4.23. The van der Waals surface area contributed by atoms with Gasteiger partial charge >= 0.3 is 5.97 Å². The molecule has 5 nitrogen and oxygen atoms in total. The van der Waals surface area contributed by atoms with Crippen LogP contribution in [-0.4, -0.2) is 33.6 Å². The highest BCUT2D eigenvalue weighted by Crippen LogP contribution is 2.33. The number of hydrogen-bond donors (Lipinski definition) is 1. The van der Waals surface area contributed by atoms with Gasteiger partial charge in [0.15, 0.2) is 16.5 Å². The summed E-state index contributed by atoms with van der Waals surface area (Å²) in [6, 6.07) is 0. The van der Waals surface area contributed by atoms with Gasteiger partial charge in [-0.1, -0.05) is 13.8 Å². The van der Waals surface area contributed by atoms with Gasteiger partial charge in [0, 0.05) is 24.7 Å². The van der Waals surface area contributed by atoms with E-state index in [1.807, 2.05) is 5.38 Å². The van der Waals surface area contributed by atoms with E-state index >= 15 is 0 Å². The molecule has 0 saturated carbocycles. The summed E-state index contributed by atoms with van der Waals surface area (Å²) >= 11 is 1.47. The molecule has 3 heterocycles. The van der Waals surface area contributed by atoms with Crippen LogP contribution in [0.15, 0.2) is 11.6 Å². The normalized spacial score (nSPS) is 18.9. The number of carboxylic acid groups (broad SMARTS) is 1. The average molecular weight is 279 g/mol. The third-order valence-electron chi connectivity index (χ3n) is 3.65. The number of anilines is 1. The summed E-state index contributed by atoms with van der Waals surface area (Å²) in [6.07, 6.45) is 4.03. The molecule has 0 bridgehead atoms. The Bertz CT molecular complexity index is 629. The molecule has 3 rings (SSSR count). The van der Waals surface area contributed by atoms with Crippen LogP contribution in [-0.2, 0) is 0 Å².